The number of hydrogen-bond donors (Lipinski definition) is 0. The molecule has 13 heavy (non-hydrogen) atoms. The van der Waals surface area contributed by atoms with Gasteiger partial charge in [-0.1, -0.05) is 0 Å². The second-order valence-electron chi connectivity index (χ2n) is 3.38. The van der Waals surface area contributed by atoms with Gasteiger partial charge in [-0.3, -0.25) is 9.78 Å². The Balaban J connectivity index is 2.14. The van der Waals surface area contributed by atoms with Crippen molar-refractivity contribution in [2.45, 2.75) is 19.4 Å². The van der Waals surface area contributed by atoms with Crippen LogP contribution >= 0.6 is 0 Å². The number of carbonyl (C=O) groups is 1. The van der Waals surface area contributed by atoms with Crippen LogP contribution in [0.15, 0.2) is 24.5 Å². The Morgan fingerprint density at radius 1 is 1.69 bits per heavy atom. The van der Waals surface area contributed by atoms with Crippen molar-refractivity contribution in [2.24, 2.45) is 0 Å². The fourth-order valence-corrected chi connectivity index (χ4v) is 1.47. The number of rotatable bonds is 1. The van der Waals surface area contributed by atoms with Crippen LogP contribution in [0.4, 0.5) is 0 Å². The Bertz CT molecular complexity index is 310. The predicted octanol–water partition coefficient (Wildman–Crippen LogP) is 1.32. The van der Waals surface area contributed by atoms with E-state index in [9.17, 15) is 4.79 Å². The fraction of sp³-hybridized carbons (Fsp3) is 0.400. The summed E-state index contributed by atoms with van der Waals surface area (Å²) in [6.07, 6.45) is 4.41. The molecule has 1 aliphatic rings. The van der Waals surface area contributed by atoms with E-state index in [1.807, 2.05) is 4.90 Å². The first-order chi connectivity index (χ1) is 6.29. The molecule has 1 aliphatic heterocycles. The molecule has 0 aliphatic carbocycles. The summed E-state index contributed by atoms with van der Waals surface area (Å²) in [5, 5.41) is 0. The van der Waals surface area contributed by atoms with Gasteiger partial charge >= 0.3 is 0 Å². The smallest absolute Gasteiger partial charge is 0.255 e. The van der Waals surface area contributed by atoms with E-state index in [4.69, 9.17) is 0 Å². The first kappa shape index (κ1) is 8.23. The molecule has 1 amide bonds. The van der Waals surface area contributed by atoms with E-state index in [1.54, 1.807) is 24.5 Å². The predicted molar refractivity (Wildman–Crippen MR) is 49.4 cm³/mol. The number of nitrogens with zero attached hydrogens (tertiary/aromatic N) is 2. The third-order valence-electron chi connectivity index (χ3n) is 2.49. The van der Waals surface area contributed by atoms with Gasteiger partial charge in [-0.25, -0.2) is 0 Å². The summed E-state index contributed by atoms with van der Waals surface area (Å²) >= 11 is 0. The first-order valence-corrected chi connectivity index (χ1v) is 4.50. The molecule has 68 valence electrons. The minimum atomic E-state index is 0.104. The number of amides is 1. The van der Waals surface area contributed by atoms with Crippen LogP contribution in [-0.2, 0) is 0 Å². The maximum Gasteiger partial charge on any atom is 0.255 e. The normalized spacial score (nSPS) is 21.0. The lowest BCUT2D eigenvalue weighted by molar-refractivity contribution is 0.0502. The zero-order valence-electron chi connectivity index (χ0n) is 7.60. The van der Waals surface area contributed by atoms with Gasteiger partial charge in [0, 0.05) is 25.0 Å². The summed E-state index contributed by atoms with van der Waals surface area (Å²) in [6, 6.07) is 3.99. The van der Waals surface area contributed by atoms with Gasteiger partial charge in [0.15, 0.2) is 0 Å². The molecule has 1 fully saturated rings. The standard InChI is InChI=1S/C10H12N2O/c1-8-4-6-12(8)10(13)9-3-2-5-11-7-9/h2-3,5,7-8H,4,6H2,1H3. The highest BCUT2D eigenvalue weighted by atomic mass is 16.2. The molecule has 1 unspecified atom stereocenters. The summed E-state index contributed by atoms with van der Waals surface area (Å²) in [5.41, 5.74) is 0.689. The number of likely N-dealkylation sites (tertiary alicyclic amines) is 1. The summed E-state index contributed by atoms with van der Waals surface area (Å²) in [4.78, 5) is 17.5. The van der Waals surface area contributed by atoms with E-state index in [1.165, 1.54) is 0 Å². The number of hydrogen-bond acceptors (Lipinski definition) is 2. The van der Waals surface area contributed by atoms with Crippen LogP contribution in [0.1, 0.15) is 23.7 Å². The monoisotopic (exact) mass is 176 g/mol. The average molecular weight is 176 g/mol. The van der Waals surface area contributed by atoms with E-state index in [2.05, 4.69) is 11.9 Å². The van der Waals surface area contributed by atoms with Gasteiger partial charge in [0.05, 0.1) is 5.56 Å². The highest BCUT2D eigenvalue weighted by molar-refractivity contribution is 5.94. The summed E-state index contributed by atoms with van der Waals surface area (Å²) in [5.74, 6) is 0.104. The molecule has 2 rings (SSSR count). The molecule has 0 saturated carbocycles. The van der Waals surface area contributed by atoms with Gasteiger partial charge in [-0.2, -0.15) is 0 Å². The van der Waals surface area contributed by atoms with Crippen LogP contribution in [0, 0.1) is 0 Å². The quantitative estimate of drug-likeness (QED) is 0.646. The Kier molecular flexibility index (Phi) is 2.00. The van der Waals surface area contributed by atoms with Crippen molar-refractivity contribution in [2.75, 3.05) is 6.54 Å². The summed E-state index contributed by atoms with van der Waals surface area (Å²) in [7, 11) is 0. The molecule has 3 nitrogen and oxygen atoms in total. The highest BCUT2D eigenvalue weighted by Gasteiger charge is 2.28. The van der Waals surface area contributed by atoms with Crippen molar-refractivity contribution < 1.29 is 4.79 Å². The van der Waals surface area contributed by atoms with Crippen molar-refractivity contribution in [3.8, 4) is 0 Å². The first-order valence-electron chi connectivity index (χ1n) is 4.50. The van der Waals surface area contributed by atoms with Crippen LogP contribution in [-0.4, -0.2) is 28.4 Å². The van der Waals surface area contributed by atoms with E-state index < -0.39 is 0 Å². The van der Waals surface area contributed by atoms with Gasteiger partial charge < -0.3 is 4.90 Å². The molecule has 1 aromatic heterocycles. The van der Waals surface area contributed by atoms with Gasteiger partial charge in [0.1, 0.15) is 0 Å². The van der Waals surface area contributed by atoms with Crippen LogP contribution < -0.4 is 0 Å². The molecule has 0 spiro atoms. The van der Waals surface area contributed by atoms with Crippen molar-refractivity contribution in [3.63, 3.8) is 0 Å². The second-order valence-corrected chi connectivity index (χ2v) is 3.38. The molecule has 2 heterocycles. The van der Waals surface area contributed by atoms with Gasteiger partial charge in [0.25, 0.3) is 5.91 Å². The molecule has 0 aromatic carbocycles. The lowest BCUT2D eigenvalue weighted by Crippen LogP contribution is -2.49. The van der Waals surface area contributed by atoms with Crippen molar-refractivity contribution >= 4 is 5.91 Å². The molecular weight excluding hydrogens is 164 g/mol. The number of pyridine rings is 1. The fourth-order valence-electron chi connectivity index (χ4n) is 1.47. The molecule has 0 N–H and O–H groups in total. The minimum Gasteiger partial charge on any atom is -0.336 e. The Morgan fingerprint density at radius 3 is 3.00 bits per heavy atom. The average Bonchev–Trinajstić information content (AvgIpc) is 2.17. The molecule has 1 aromatic rings. The van der Waals surface area contributed by atoms with E-state index in [0.717, 1.165) is 13.0 Å². The number of aromatic nitrogens is 1. The van der Waals surface area contributed by atoms with E-state index >= 15 is 0 Å². The van der Waals surface area contributed by atoms with E-state index in [-0.39, 0.29) is 5.91 Å². The SMILES string of the molecule is CC1CCN1C(=O)c1cccnc1. The third-order valence-corrected chi connectivity index (χ3v) is 2.49. The Hall–Kier alpha value is -1.38. The van der Waals surface area contributed by atoms with Crippen LogP contribution in [0.2, 0.25) is 0 Å². The van der Waals surface area contributed by atoms with Crippen molar-refractivity contribution in [3.05, 3.63) is 30.1 Å². The summed E-state index contributed by atoms with van der Waals surface area (Å²) < 4.78 is 0. The molecule has 1 atom stereocenters. The number of carbonyl (C=O) groups excluding carboxylic acids is 1. The van der Waals surface area contributed by atoms with Crippen LogP contribution in [0.25, 0.3) is 0 Å². The lowest BCUT2D eigenvalue weighted by atomic mass is 10.0. The van der Waals surface area contributed by atoms with Crippen LogP contribution in [0.5, 0.6) is 0 Å². The maximum absolute atomic E-state index is 11.7. The third kappa shape index (κ3) is 1.41. The lowest BCUT2D eigenvalue weighted by Gasteiger charge is -2.38. The molecule has 0 radical (unpaired) electrons. The molecule has 0 bridgehead atoms. The zero-order valence-corrected chi connectivity index (χ0v) is 7.60. The van der Waals surface area contributed by atoms with E-state index in [0.29, 0.717) is 11.6 Å². The molecule has 1 saturated heterocycles. The van der Waals surface area contributed by atoms with Gasteiger partial charge in [-0.05, 0) is 25.5 Å². The van der Waals surface area contributed by atoms with Crippen LogP contribution in [0.3, 0.4) is 0 Å². The molecule has 3 heteroatoms. The molecular formula is C10H12N2O. The maximum atomic E-state index is 11.7. The largest absolute Gasteiger partial charge is 0.336 e. The summed E-state index contributed by atoms with van der Waals surface area (Å²) in [6.45, 7) is 2.95. The minimum absolute atomic E-state index is 0.104. The zero-order chi connectivity index (χ0) is 9.26. The second kappa shape index (κ2) is 3.17. The Labute approximate surface area is 77.4 Å². The van der Waals surface area contributed by atoms with Crippen molar-refractivity contribution in [1.29, 1.82) is 0 Å². The van der Waals surface area contributed by atoms with Crippen molar-refractivity contribution in [1.82, 2.24) is 9.88 Å². The van der Waals surface area contributed by atoms with Gasteiger partial charge in [0.2, 0.25) is 0 Å². The van der Waals surface area contributed by atoms with Gasteiger partial charge in [-0.15, -0.1) is 0 Å². The Morgan fingerprint density at radius 2 is 2.54 bits per heavy atom. The topological polar surface area (TPSA) is 33.2 Å². The highest BCUT2D eigenvalue weighted by Crippen LogP contribution is 2.18.